The summed E-state index contributed by atoms with van der Waals surface area (Å²) in [5, 5.41) is 0. The lowest BCUT2D eigenvalue weighted by atomic mass is 9.93. The smallest absolute Gasteiger partial charge is 0.287 e. The largest absolute Gasteiger partial charge is 0.460 e. The minimum absolute atomic E-state index is 0.0106. The quantitative estimate of drug-likeness (QED) is 0.499. The molecule has 0 saturated carbocycles. The van der Waals surface area contributed by atoms with Gasteiger partial charge in [-0.05, 0) is 6.07 Å². The van der Waals surface area contributed by atoms with E-state index in [1.54, 1.807) is 0 Å². The van der Waals surface area contributed by atoms with Crippen LogP contribution in [-0.4, -0.2) is 29.7 Å². The molecule has 1 rings (SSSR count). The number of halogens is 12. The van der Waals surface area contributed by atoms with Crippen LogP contribution in [0.25, 0.3) is 0 Å². The van der Waals surface area contributed by atoms with Crippen LogP contribution in [0.1, 0.15) is 15.9 Å². The standard InChI is InChI=1S/C12H4F12O/c13-8(14,10(18,19)11(20,21)12(22,23)24)7(25)5-3-1-2-4-6(5)9(15,16)17/h1-4H. The first-order valence-corrected chi connectivity index (χ1v) is 5.80. The predicted octanol–water partition coefficient (Wildman–Crippen LogP) is 5.36. The van der Waals surface area contributed by atoms with Gasteiger partial charge in [0.2, 0.25) is 5.78 Å². The van der Waals surface area contributed by atoms with E-state index >= 15 is 0 Å². The van der Waals surface area contributed by atoms with Crippen LogP contribution in [0.4, 0.5) is 52.7 Å². The Balaban J connectivity index is 3.53. The fraction of sp³-hybridized carbons (Fsp3) is 0.417. The molecule has 13 heteroatoms. The summed E-state index contributed by atoms with van der Waals surface area (Å²) in [4.78, 5) is 11.3. The second kappa shape index (κ2) is 5.80. The molecular weight excluding hydrogens is 388 g/mol. The van der Waals surface area contributed by atoms with Gasteiger partial charge in [-0.25, -0.2) is 0 Å². The van der Waals surface area contributed by atoms with Gasteiger partial charge in [-0.15, -0.1) is 0 Å². The molecule has 0 fully saturated rings. The van der Waals surface area contributed by atoms with E-state index in [1.807, 2.05) is 0 Å². The van der Waals surface area contributed by atoms with Gasteiger partial charge >= 0.3 is 30.1 Å². The van der Waals surface area contributed by atoms with Crippen LogP contribution in [0.5, 0.6) is 0 Å². The third kappa shape index (κ3) is 3.27. The molecule has 25 heavy (non-hydrogen) atoms. The second-order valence-corrected chi connectivity index (χ2v) is 4.59. The number of alkyl halides is 12. The summed E-state index contributed by atoms with van der Waals surface area (Å²) >= 11 is 0. The van der Waals surface area contributed by atoms with E-state index in [2.05, 4.69) is 0 Å². The highest BCUT2D eigenvalue weighted by Crippen LogP contribution is 2.54. The number of Topliss-reactive ketones (excluding diaryl/α,β-unsaturated/α-hetero) is 1. The number of carbonyl (C=O) groups is 1. The molecule has 0 saturated heterocycles. The van der Waals surface area contributed by atoms with Crippen molar-refractivity contribution in [3.63, 3.8) is 0 Å². The Hall–Kier alpha value is -1.95. The van der Waals surface area contributed by atoms with Gasteiger partial charge in [0.25, 0.3) is 0 Å². The van der Waals surface area contributed by atoms with Crippen molar-refractivity contribution in [2.75, 3.05) is 0 Å². The molecule has 0 bridgehead atoms. The molecule has 0 aromatic heterocycles. The van der Waals surface area contributed by atoms with Crippen LogP contribution < -0.4 is 0 Å². The van der Waals surface area contributed by atoms with Crippen molar-refractivity contribution >= 4 is 5.78 Å². The van der Waals surface area contributed by atoms with Crippen LogP contribution in [0.2, 0.25) is 0 Å². The summed E-state index contributed by atoms with van der Waals surface area (Å²) in [7, 11) is 0. The summed E-state index contributed by atoms with van der Waals surface area (Å²) in [5.41, 5.74) is -4.39. The molecule has 0 aliphatic heterocycles. The normalized spacial score (nSPS) is 14.6. The average molecular weight is 392 g/mol. The molecular formula is C12H4F12O. The van der Waals surface area contributed by atoms with E-state index in [9.17, 15) is 57.5 Å². The average Bonchev–Trinajstić information content (AvgIpc) is 2.43. The molecule has 0 N–H and O–H groups in total. The van der Waals surface area contributed by atoms with Crippen molar-refractivity contribution < 1.29 is 57.5 Å². The summed E-state index contributed by atoms with van der Waals surface area (Å²) in [6, 6.07) is 0.989. The number of carbonyl (C=O) groups excluding carboxylic acids is 1. The van der Waals surface area contributed by atoms with Gasteiger partial charge < -0.3 is 0 Å². The summed E-state index contributed by atoms with van der Waals surface area (Å²) in [5.74, 6) is -25.0. The minimum atomic E-state index is -7.38. The molecule has 0 spiro atoms. The third-order valence-electron chi connectivity index (χ3n) is 2.91. The Labute approximate surface area is 130 Å². The van der Waals surface area contributed by atoms with Crippen LogP contribution in [-0.2, 0) is 6.18 Å². The minimum Gasteiger partial charge on any atom is -0.287 e. The van der Waals surface area contributed by atoms with E-state index < -0.39 is 47.0 Å². The van der Waals surface area contributed by atoms with Crippen molar-refractivity contribution in [3.8, 4) is 0 Å². The highest BCUT2D eigenvalue weighted by Gasteiger charge is 2.83. The Kier molecular flexibility index (Phi) is 4.89. The predicted molar refractivity (Wildman–Crippen MR) is 56.7 cm³/mol. The molecule has 1 aromatic carbocycles. The maximum absolute atomic E-state index is 13.4. The number of hydrogen-bond donors (Lipinski definition) is 0. The SMILES string of the molecule is O=C(c1ccccc1C(F)(F)F)C(F)(F)C(F)(F)C(F)(F)C(F)(F)F. The summed E-state index contributed by atoms with van der Waals surface area (Å²) in [6.07, 6.45) is -12.7. The monoisotopic (exact) mass is 392 g/mol. The van der Waals surface area contributed by atoms with E-state index in [1.165, 1.54) is 0 Å². The van der Waals surface area contributed by atoms with Gasteiger partial charge in [0.1, 0.15) is 0 Å². The van der Waals surface area contributed by atoms with E-state index in [0.717, 1.165) is 0 Å². The molecule has 142 valence electrons. The number of hydrogen-bond acceptors (Lipinski definition) is 1. The lowest BCUT2D eigenvalue weighted by Gasteiger charge is -2.33. The first-order chi connectivity index (χ1) is 10.9. The van der Waals surface area contributed by atoms with E-state index in [0.29, 0.717) is 12.1 Å². The molecule has 0 heterocycles. The topological polar surface area (TPSA) is 17.1 Å². The molecule has 1 aromatic rings. The highest BCUT2D eigenvalue weighted by molar-refractivity contribution is 6.03. The fourth-order valence-electron chi connectivity index (χ4n) is 1.62. The van der Waals surface area contributed by atoms with Crippen LogP contribution in [0.3, 0.4) is 0 Å². The molecule has 0 amide bonds. The molecule has 1 nitrogen and oxygen atoms in total. The van der Waals surface area contributed by atoms with Crippen molar-refractivity contribution in [3.05, 3.63) is 35.4 Å². The lowest BCUT2D eigenvalue weighted by Crippen LogP contribution is -2.63. The van der Waals surface area contributed by atoms with Crippen LogP contribution in [0.15, 0.2) is 24.3 Å². The first-order valence-electron chi connectivity index (χ1n) is 5.80. The summed E-state index contributed by atoms with van der Waals surface area (Å²) < 4.78 is 152. The zero-order valence-electron chi connectivity index (χ0n) is 11.3. The second-order valence-electron chi connectivity index (χ2n) is 4.59. The van der Waals surface area contributed by atoms with Gasteiger partial charge in [0, 0.05) is 5.56 Å². The highest BCUT2D eigenvalue weighted by atomic mass is 19.4. The van der Waals surface area contributed by atoms with Gasteiger partial charge in [-0.1, -0.05) is 18.2 Å². The molecule has 0 radical (unpaired) electrons. The third-order valence-corrected chi connectivity index (χ3v) is 2.91. The number of ketones is 1. The van der Waals surface area contributed by atoms with E-state index in [4.69, 9.17) is 0 Å². The zero-order valence-corrected chi connectivity index (χ0v) is 11.3. The number of benzene rings is 1. The van der Waals surface area contributed by atoms with Gasteiger partial charge in [0.05, 0.1) is 5.56 Å². The maximum Gasteiger partial charge on any atom is 0.460 e. The Bertz CT molecular complexity index is 655. The Morgan fingerprint density at radius 2 is 1.12 bits per heavy atom. The molecule has 0 aliphatic rings. The first kappa shape index (κ1) is 21.1. The number of rotatable bonds is 4. The Morgan fingerprint density at radius 1 is 0.680 bits per heavy atom. The lowest BCUT2D eigenvalue weighted by molar-refractivity contribution is -0.386. The molecule has 0 aliphatic carbocycles. The van der Waals surface area contributed by atoms with Crippen molar-refractivity contribution in [2.24, 2.45) is 0 Å². The van der Waals surface area contributed by atoms with Gasteiger partial charge in [-0.2, -0.15) is 52.7 Å². The fourth-order valence-corrected chi connectivity index (χ4v) is 1.62. The van der Waals surface area contributed by atoms with Gasteiger partial charge in [0.15, 0.2) is 0 Å². The van der Waals surface area contributed by atoms with Gasteiger partial charge in [-0.3, -0.25) is 4.79 Å². The van der Waals surface area contributed by atoms with E-state index in [-0.39, 0.29) is 12.1 Å². The molecule has 0 atom stereocenters. The van der Waals surface area contributed by atoms with Crippen molar-refractivity contribution in [1.82, 2.24) is 0 Å². The van der Waals surface area contributed by atoms with Crippen LogP contribution in [0, 0.1) is 0 Å². The molecule has 0 unspecified atom stereocenters. The zero-order chi connectivity index (χ0) is 20.1. The summed E-state index contributed by atoms with van der Waals surface area (Å²) in [6.45, 7) is 0. The maximum atomic E-state index is 13.4. The van der Waals surface area contributed by atoms with Crippen LogP contribution >= 0.6 is 0 Å². The van der Waals surface area contributed by atoms with Crippen molar-refractivity contribution in [2.45, 2.75) is 30.1 Å². The Morgan fingerprint density at radius 3 is 1.52 bits per heavy atom. The van der Waals surface area contributed by atoms with Crippen molar-refractivity contribution in [1.29, 1.82) is 0 Å².